The number of amides is 2. The van der Waals surface area contributed by atoms with E-state index in [2.05, 4.69) is 5.32 Å². The molecular weight excluding hydrogens is 144 g/mol. The second-order valence-electron chi connectivity index (χ2n) is 3.41. The summed E-state index contributed by atoms with van der Waals surface area (Å²) < 4.78 is 0. The Balaban J connectivity index is 2.32. The predicted molar refractivity (Wildman–Crippen MR) is 37.4 cm³/mol. The normalized spacial score (nSPS) is 42.5. The van der Waals surface area contributed by atoms with Crippen molar-refractivity contribution < 1.29 is 9.59 Å². The summed E-state index contributed by atoms with van der Waals surface area (Å²) in [6, 6.07) is 0. The van der Waals surface area contributed by atoms with Crippen LogP contribution in [0.4, 0.5) is 0 Å². The van der Waals surface area contributed by atoms with Gasteiger partial charge >= 0.3 is 0 Å². The van der Waals surface area contributed by atoms with Gasteiger partial charge in [-0.15, -0.1) is 0 Å². The molecule has 0 spiro atoms. The molecule has 2 bridgehead atoms. The van der Waals surface area contributed by atoms with Gasteiger partial charge in [0.25, 0.3) is 0 Å². The molecule has 60 valence electrons. The molecular formula is C7H10N2O2. The largest absolute Gasteiger partial charge is 0.317 e. The predicted octanol–water partition coefficient (Wildman–Crippen LogP) is -0.860. The average molecular weight is 154 g/mol. The number of rotatable bonds is 0. The molecule has 0 aromatic rings. The molecule has 2 atom stereocenters. The molecule has 11 heavy (non-hydrogen) atoms. The molecule has 2 aliphatic rings. The van der Waals surface area contributed by atoms with Crippen molar-refractivity contribution >= 4 is 11.8 Å². The quantitative estimate of drug-likeness (QED) is 0.446. The number of piperidine rings is 1. The molecule has 1 heterocycles. The third-order valence-corrected chi connectivity index (χ3v) is 2.61. The lowest BCUT2D eigenvalue weighted by atomic mass is 9.92. The molecule has 3 N–H and O–H groups in total. The minimum absolute atomic E-state index is 0.0160. The van der Waals surface area contributed by atoms with Crippen molar-refractivity contribution in [3.05, 3.63) is 0 Å². The van der Waals surface area contributed by atoms with Gasteiger partial charge in [0.15, 0.2) is 0 Å². The van der Waals surface area contributed by atoms with Gasteiger partial charge in [0.2, 0.25) is 11.8 Å². The fourth-order valence-corrected chi connectivity index (χ4v) is 1.84. The number of carbonyl (C=O) groups is 2. The van der Waals surface area contributed by atoms with Gasteiger partial charge in [-0.3, -0.25) is 14.9 Å². The van der Waals surface area contributed by atoms with E-state index < -0.39 is 5.54 Å². The van der Waals surface area contributed by atoms with Crippen molar-refractivity contribution in [3.63, 3.8) is 0 Å². The summed E-state index contributed by atoms with van der Waals surface area (Å²) in [5.41, 5.74) is 5.00. The summed E-state index contributed by atoms with van der Waals surface area (Å²) in [6.07, 6.45) is 1.95. The summed E-state index contributed by atoms with van der Waals surface area (Å²) in [5, 5.41) is 2.28. The van der Waals surface area contributed by atoms with Gasteiger partial charge in [-0.1, -0.05) is 0 Å². The summed E-state index contributed by atoms with van der Waals surface area (Å²) in [7, 11) is 0. The number of nitrogens with two attached hydrogens (primary N) is 1. The number of nitrogens with one attached hydrogen (secondary N) is 1. The van der Waals surface area contributed by atoms with Crippen LogP contribution in [0, 0.1) is 5.92 Å². The van der Waals surface area contributed by atoms with E-state index in [4.69, 9.17) is 5.73 Å². The fraction of sp³-hybridized carbons (Fsp3) is 0.714. The van der Waals surface area contributed by atoms with E-state index in [0.717, 1.165) is 6.42 Å². The van der Waals surface area contributed by atoms with Gasteiger partial charge in [0.1, 0.15) is 0 Å². The van der Waals surface area contributed by atoms with Crippen molar-refractivity contribution in [2.45, 2.75) is 24.8 Å². The Kier molecular flexibility index (Phi) is 1.12. The van der Waals surface area contributed by atoms with Crippen LogP contribution in [0.2, 0.25) is 0 Å². The average Bonchev–Trinajstić information content (AvgIpc) is 2.28. The summed E-state index contributed by atoms with van der Waals surface area (Å²) in [6.45, 7) is 0. The number of hydrogen-bond donors (Lipinski definition) is 2. The van der Waals surface area contributed by atoms with Crippen molar-refractivity contribution in [2.24, 2.45) is 11.7 Å². The number of hydrogen-bond acceptors (Lipinski definition) is 3. The number of imide groups is 1. The van der Waals surface area contributed by atoms with Gasteiger partial charge in [0.05, 0.1) is 5.54 Å². The summed E-state index contributed by atoms with van der Waals surface area (Å²) in [4.78, 5) is 22.1. The Labute approximate surface area is 64.1 Å². The maximum absolute atomic E-state index is 11.1. The van der Waals surface area contributed by atoms with Crippen LogP contribution in [0.3, 0.4) is 0 Å². The van der Waals surface area contributed by atoms with Crippen LogP contribution in [0.25, 0.3) is 0 Å². The van der Waals surface area contributed by atoms with Gasteiger partial charge < -0.3 is 5.73 Å². The lowest BCUT2D eigenvalue weighted by Crippen LogP contribution is -2.57. The zero-order valence-corrected chi connectivity index (χ0v) is 6.09. The Morgan fingerprint density at radius 3 is 3.00 bits per heavy atom. The fourth-order valence-electron chi connectivity index (χ4n) is 1.84. The second kappa shape index (κ2) is 1.82. The molecule has 2 rings (SSSR count). The lowest BCUT2D eigenvalue weighted by Gasteiger charge is -2.26. The summed E-state index contributed by atoms with van der Waals surface area (Å²) >= 11 is 0. The van der Waals surface area contributed by atoms with Crippen LogP contribution in [0.15, 0.2) is 0 Å². The van der Waals surface area contributed by atoms with Gasteiger partial charge in [0, 0.05) is 5.92 Å². The van der Waals surface area contributed by atoms with Crippen LogP contribution >= 0.6 is 0 Å². The van der Waals surface area contributed by atoms with Gasteiger partial charge in [-0.2, -0.15) is 0 Å². The molecule has 1 aliphatic heterocycles. The van der Waals surface area contributed by atoms with E-state index >= 15 is 0 Å². The first-order valence-electron chi connectivity index (χ1n) is 3.76. The van der Waals surface area contributed by atoms with E-state index in [1.165, 1.54) is 0 Å². The number of fused-ring (bicyclic) bond motifs is 2. The molecule has 2 unspecified atom stereocenters. The lowest BCUT2D eigenvalue weighted by molar-refractivity contribution is -0.138. The van der Waals surface area contributed by atoms with E-state index in [9.17, 15) is 9.59 Å². The molecule has 1 aliphatic carbocycles. The van der Waals surface area contributed by atoms with Crippen LogP contribution in [-0.4, -0.2) is 17.4 Å². The highest BCUT2D eigenvalue weighted by atomic mass is 16.2. The first-order chi connectivity index (χ1) is 5.12. The van der Waals surface area contributed by atoms with Crippen LogP contribution in [0.1, 0.15) is 19.3 Å². The maximum Gasteiger partial charge on any atom is 0.246 e. The standard InChI is InChI=1S/C7H10N2O2/c8-7-2-1-4(3-7)5(10)9-6(7)11/h4H,1-3,8H2,(H,9,10,11). The van der Waals surface area contributed by atoms with E-state index in [1.807, 2.05) is 0 Å². The van der Waals surface area contributed by atoms with Crippen molar-refractivity contribution in [3.8, 4) is 0 Å². The smallest absolute Gasteiger partial charge is 0.246 e. The van der Waals surface area contributed by atoms with Gasteiger partial charge in [-0.05, 0) is 19.3 Å². The molecule has 1 saturated heterocycles. The van der Waals surface area contributed by atoms with E-state index in [1.54, 1.807) is 0 Å². The molecule has 4 heteroatoms. The highest BCUT2D eigenvalue weighted by Crippen LogP contribution is 2.35. The molecule has 0 aromatic heterocycles. The zero-order chi connectivity index (χ0) is 8.06. The Bertz CT molecular complexity index is 239. The zero-order valence-electron chi connectivity index (χ0n) is 6.09. The molecule has 2 amide bonds. The van der Waals surface area contributed by atoms with Crippen molar-refractivity contribution in [1.29, 1.82) is 0 Å². The number of carbonyl (C=O) groups excluding carboxylic acids is 2. The minimum atomic E-state index is -0.738. The second-order valence-corrected chi connectivity index (χ2v) is 3.41. The Morgan fingerprint density at radius 2 is 2.27 bits per heavy atom. The maximum atomic E-state index is 11.1. The molecule has 0 radical (unpaired) electrons. The highest BCUT2D eigenvalue weighted by molar-refractivity contribution is 6.04. The molecule has 1 saturated carbocycles. The molecule has 4 nitrogen and oxygen atoms in total. The first kappa shape index (κ1) is 6.79. The van der Waals surface area contributed by atoms with Crippen LogP contribution in [-0.2, 0) is 9.59 Å². The summed E-state index contributed by atoms with van der Waals surface area (Å²) in [5.74, 6) is -0.456. The van der Waals surface area contributed by atoms with Crippen LogP contribution < -0.4 is 11.1 Å². The van der Waals surface area contributed by atoms with Crippen molar-refractivity contribution in [1.82, 2.24) is 5.32 Å². The van der Waals surface area contributed by atoms with E-state index in [-0.39, 0.29) is 17.7 Å². The van der Waals surface area contributed by atoms with Gasteiger partial charge in [-0.25, -0.2) is 0 Å². The third kappa shape index (κ3) is 0.790. The Morgan fingerprint density at radius 1 is 1.55 bits per heavy atom. The SMILES string of the molecule is NC12CCC(C1)C(=O)NC2=O. The van der Waals surface area contributed by atoms with Crippen molar-refractivity contribution in [2.75, 3.05) is 0 Å². The topological polar surface area (TPSA) is 72.2 Å². The molecule has 0 aromatic carbocycles. The monoisotopic (exact) mass is 154 g/mol. The minimum Gasteiger partial charge on any atom is -0.317 e. The molecule has 2 fully saturated rings. The third-order valence-electron chi connectivity index (χ3n) is 2.61. The Hall–Kier alpha value is -0.900. The van der Waals surface area contributed by atoms with E-state index in [0.29, 0.717) is 12.8 Å². The van der Waals surface area contributed by atoms with Crippen LogP contribution in [0.5, 0.6) is 0 Å². The first-order valence-corrected chi connectivity index (χ1v) is 3.76. The highest BCUT2D eigenvalue weighted by Gasteiger charge is 2.49.